The van der Waals surface area contributed by atoms with Gasteiger partial charge in [-0.2, -0.15) is 0 Å². The van der Waals surface area contributed by atoms with Crippen molar-refractivity contribution in [2.24, 2.45) is 0 Å². The summed E-state index contributed by atoms with van der Waals surface area (Å²) in [6.45, 7) is 3.12. The molecule has 4 nitrogen and oxygen atoms in total. The Kier molecular flexibility index (Phi) is 4.39. The van der Waals surface area contributed by atoms with Crippen LogP contribution in [0.3, 0.4) is 0 Å². The van der Waals surface area contributed by atoms with Crippen LogP contribution in [0.4, 0.5) is 11.4 Å². The summed E-state index contributed by atoms with van der Waals surface area (Å²) < 4.78 is 0. The molecule has 0 saturated carbocycles. The minimum Gasteiger partial charge on any atom is -0.399 e. The summed E-state index contributed by atoms with van der Waals surface area (Å²) >= 11 is 0. The van der Waals surface area contributed by atoms with Gasteiger partial charge in [0.25, 0.3) is 0 Å². The second kappa shape index (κ2) is 5.58. The fourth-order valence-electron chi connectivity index (χ4n) is 1.56. The molecule has 0 aliphatic rings. The van der Waals surface area contributed by atoms with Crippen molar-refractivity contribution in [1.29, 1.82) is 0 Å². The van der Waals surface area contributed by atoms with E-state index >= 15 is 0 Å². The van der Waals surface area contributed by atoms with Crippen LogP contribution in [0.25, 0.3) is 0 Å². The first-order chi connectivity index (χ1) is 7.19. The van der Waals surface area contributed by atoms with E-state index in [4.69, 9.17) is 15.9 Å². The molecule has 0 spiro atoms. The largest absolute Gasteiger partial charge is 0.399 e. The zero-order valence-corrected chi connectivity index (χ0v) is 8.98. The zero-order valence-electron chi connectivity index (χ0n) is 8.98. The van der Waals surface area contributed by atoms with Gasteiger partial charge in [0.05, 0.1) is 13.2 Å². The molecule has 0 atom stereocenters. The molecule has 1 rings (SSSR count). The van der Waals surface area contributed by atoms with E-state index in [9.17, 15) is 0 Å². The lowest BCUT2D eigenvalue weighted by Crippen LogP contribution is -2.30. The molecule has 4 heteroatoms. The van der Waals surface area contributed by atoms with Gasteiger partial charge < -0.3 is 20.8 Å². The molecule has 0 aliphatic heterocycles. The molecule has 0 saturated heterocycles. The number of aliphatic hydroxyl groups excluding tert-OH is 2. The van der Waals surface area contributed by atoms with Crippen LogP contribution in [0.2, 0.25) is 0 Å². The minimum atomic E-state index is 0.0637. The summed E-state index contributed by atoms with van der Waals surface area (Å²) in [5.41, 5.74) is 8.46. The average Bonchev–Trinajstić information content (AvgIpc) is 2.21. The summed E-state index contributed by atoms with van der Waals surface area (Å²) in [6, 6.07) is 5.64. The Morgan fingerprint density at radius 3 is 2.33 bits per heavy atom. The Hall–Kier alpha value is -1.26. The molecule has 0 heterocycles. The predicted octanol–water partition coefficient (Wildman–Crippen LogP) is 0.368. The number of anilines is 2. The molecule has 0 fully saturated rings. The first kappa shape index (κ1) is 11.8. The van der Waals surface area contributed by atoms with E-state index in [-0.39, 0.29) is 13.2 Å². The van der Waals surface area contributed by atoms with Crippen LogP contribution in [-0.4, -0.2) is 36.5 Å². The lowest BCUT2D eigenvalue weighted by atomic mass is 10.1. The number of rotatable bonds is 5. The van der Waals surface area contributed by atoms with Crippen molar-refractivity contribution < 1.29 is 10.2 Å². The number of aliphatic hydroxyl groups is 2. The third-order valence-corrected chi connectivity index (χ3v) is 2.31. The van der Waals surface area contributed by atoms with Gasteiger partial charge in [-0.05, 0) is 24.6 Å². The maximum Gasteiger partial charge on any atom is 0.0606 e. The molecule has 84 valence electrons. The van der Waals surface area contributed by atoms with Crippen molar-refractivity contribution in [2.45, 2.75) is 6.92 Å². The summed E-state index contributed by atoms with van der Waals surface area (Å²) in [4.78, 5) is 1.92. The van der Waals surface area contributed by atoms with E-state index in [1.807, 2.05) is 30.0 Å². The van der Waals surface area contributed by atoms with Crippen LogP contribution in [-0.2, 0) is 0 Å². The normalized spacial score (nSPS) is 10.3. The molecule has 0 radical (unpaired) electrons. The SMILES string of the molecule is Cc1ccc(N)cc1N(CCO)CCO. The first-order valence-corrected chi connectivity index (χ1v) is 5.02. The maximum atomic E-state index is 8.93. The highest BCUT2D eigenvalue weighted by atomic mass is 16.3. The summed E-state index contributed by atoms with van der Waals surface area (Å²) in [7, 11) is 0. The molecule has 0 aliphatic carbocycles. The highest BCUT2D eigenvalue weighted by Crippen LogP contribution is 2.22. The van der Waals surface area contributed by atoms with Crippen LogP contribution >= 0.6 is 0 Å². The third-order valence-electron chi connectivity index (χ3n) is 2.31. The number of nitrogens with zero attached hydrogens (tertiary/aromatic N) is 1. The van der Waals surface area contributed by atoms with Gasteiger partial charge in [-0.25, -0.2) is 0 Å². The highest BCUT2D eigenvalue weighted by molar-refractivity contribution is 5.60. The van der Waals surface area contributed by atoms with Gasteiger partial charge in [0.15, 0.2) is 0 Å². The van der Waals surface area contributed by atoms with Crippen LogP contribution in [0.1, 0.15) is 5.56 Å². The molecule has 0 bridgehead atoms. The van der Waals surface area contributed by atoms with E-state index in [1.54, 1.807) is 0 Å². The van der Waals surface area contributed by atoms with Crippen molar-refractivity contribution in [3.63, 3.8) is 0 Å². The van der Waals surface area contributed by atoms with Gasteiger partial charge >= 0.3 is 0 Å². The molecule has 1 aromatic carbocycles. The van der Waals surface area contributed by atoms with Crippen molar-refractivity contribution >= 4 is 11.4 Å². The van der Waals surface area contributed by atoms with Crippen LogP contribution in [0, 0.1) is 6.92 Å². The van der Waals surface area contributed by atoms with Gasteiger partial charge in [0.1, 0.15) is 0 Å². The number of hydrogen-bond donors (Lipinski definition) is 3. The van der Waals surface area contributed by atoms with Gasteiger partial charge in [0.2, 0.25) is 0 Å². The topological polar surface area (TPSA) is 69.7 Å². The first-order valence-electron chi connectivity index (χ1n) is 5.02. The van der Waals surface area contributed by atoms with E-state index < -0.39 is 0 Å². The number of nitrogen functional groups attached to an aromatic ring is 1. The predicted molar refractivity (Wildman–Crippen MR) is 62.0 cm³/mol. The molecule has 1 aromatic rings. The second-order valence-corrected chi connectivity index (χ2v) is 3.48. The van der Waals surface area contributed by atoms with Gasteiger partial charge in [-0.1, -0.05) is 6.07 Å². The fourth-order valence-corrected chi connectivity index (χ4v) is 1.56. The molecule has 0 unspecified atom stereocenters. The average molecular weight is 210 g/mol. The third kappa shape index (κ3) is 3.11. The minimum absolute atomic E-state index is 0.0637. The number of aryl methyl sites for hydroxylation is 1. The molecular weight excluding hydrogens is 192 g/mol. The molecule has 15 heavy (non-hydrogen) atoms. The Balaban J connectivity index is 2.93. The Labute approximate surface area is 89.9 Å². The highest BCUT2D eigenvalue weighted by Gasteiger charge is 2.08. The van der Waals surface area contributed by atoms with E-state index in [0.29, 0.717) is 18.8 Å². The van der Waals surface area contributed by atoms with Crippen LogP contribution < -0.4 is 10.6 Å². The summed E-state index contributed by atoms with van der Waals surface area (Å²) in [5, 5.41) is 17.9. The monoisotopic (exact) mass is 210 g/mol. The van der Waals surface area contributed by atoms with Crippen LogP contribution in [0.5, 0.6) is 0 Å². The van der Waals surface area contributed by atoms with Crippen LogP contribution in [0.15, 0.2) is 18.2 Å². The molecule has 4 N–H and O–H groups in total. The standard InChI is InChI=1S/C11H18N2O2/c1-9-2-3-10(12)8-11(9)13(4-6-14)5-7-15/h2-3,8,14-15H,4-7,12H2,1H3. The zero-order chi connectivity index (χ0) is 11.3. The fraction of sp³-hybridized carbons (Fsp3) is 0.455. The number of nitrogens with two attached hydrogens (primary N) is 1. The molecule has 0 aromatic heterocycles. The van der Waals surface area contributed by atoms with Crippen molar-refractivity contribution in [2.75, 3.05) is 36.9 Å². The van der Waals surface area contributed by atoms with E-state index in [1.165, 1.54) is 0 Å². The summed E-state index contributed by atoms with van der Waals surface area (Å²) in [6.07, 6.45) is 0. The van der Waals surface area contributed by atoms with Gasteiger partial charge in [0, 0.05) is 24.5 Å². The van der Waals surface area contributed by atoms with Crippen molar-refractivity contribution in [3.05, 3.63) is 23.8 Å². The van der Waals surface area contributed by atoms with E-state index in [0.717, 1.165) is 11.3 Å². The quantitative estimate of drug-likeness (QED) is 0.614. The second-order valence-electron chi connectivity index (χ2n) is 3.48. The Morgan fingerprint density at radius 2 is 1.80 bits per heavy atom. The molecule has 0 amide bonds. The van der Waals surface area contributed by atoms with E-state index in [2.05, 4.69) is 0 Å². The lowest BCUT2D eigenvalue weighted by molar-refractivity contribution is 0.281. The maximum absolute atomic E-state index is 8.93. The Bertz CT molecular complexity index is 309. The number of hydrogen-bond acceptors (Lipinski definition) is 4. The summed E-state index contributed by atoms with van der Waals surface area (Å²) in [5.74, 6) is 0. The van der Waals surface area contributed by atoms with Crippen molar-refractivity contribution in [1.82, 2.24) is 0 Å². The van der Waals surface area contributed by atoms with Gasteiger partial charge in [-0.15, -0.1) is 0 Å². The Morgan fingerprint density at radius 1 is 1.20 bits per heavy atom. The number of benzene rings is 1. The lowest BCUT2D eigenvalue weighted by Gasteiger charge is -2.25. The smallest absolute Gasteiger partial charge is 0.0606 e. The van der Waals surface area contributed by atoms with Crippen molar-refractivity contribution in [3.8, 4) is 0 Å². The molecular formula is C11H18N2O2. The van der Waals surface area contributed by atoms with Gasteiger partial charge in [-0.3, -0.25) is 0 Å².